The van der Waals surface area contributed by atoms with Crippen LogP contribution in [0.1, 0.15) is 6.92 Å². The average Bonchev–Trinajstić information content (AvgIpc) is 2.12. The van der Waals surface area contributed by atoms with E-state index in [0.29, 0.717) is 19.8 Å². The highest BCUT2D eigenvalue weighted by atomic mass is 16.5. The van der Waals surface area contributed by atoms with Gasteiger partial charge in [0.05, 0.1) is 19.3 Å². The second-order valence-electron chi connectivity index (χ2n) is 3.26. The Kier molecular flexibility index (Phi) is 7.37. The summed E-state index contributed by atoms with van der Waals surface area (Å²) in [6, 6.07) is -0.356. The summed E-state index contributed by atoms with van der Waals surface area (Å²) in [5.41, 5.74) is 5.25. The van der Waals surface area contributed by atoms with Crippen molar-refractivity contribution in [1.29, 1.82) is 0 Å². The Balaban J connectivity index is 3.94. The van der Waals surface area contributed by atoms with E-state index in [9.17, 15) is 4.79 Å². The number of carbonyl (C=O) groups is 1. The monoisotopic (exact) mass is 204 g/mol. The van der Waals surface area contributed by atoms with Gasteiger partial charge in [-0.05, 0) is 0 Å². The standard InChI is InChI=1S/C9H20N2O3/c1-7(6-14-3)8(9(10)12)11-4-5-13-2/h7-8,11H,4-6H2,1-3H3,(H2,10,12). The van der Waals surface area contributed by atoms with Crippen molar-refractivity contribution in [2.24, 2.45) is 11.7 Å². The molecule has 0 heterocycles. The number of primary amides is 1. The Bertz CT molecular complexity index is 164. The molecule has 0 aliphatic rings. The zero-order valence-electron chi connectivity index (χ0n) is 9.08. The summed E-state index contributed by atoms with van der Waals surface area (Å²) in [5, 5.41) is 3.03. The van der Waals surface area contributed by atoms with Crippen LogP contribution in [0.2, 0.25) is 0 Å². The molecule has 0 aliphatic carbocycles. The summed E-state index contributed by atoms with van der Waals surface area (Å²) < 4.78 is 9.83. The predicted octanol–water partition coefficient (Wildman–Crippen LogP) is -0.641. The lowest BCUT2D eigenvalue weighted by atomic mass is 10.0. The van der Waals surface area contributed by atoms with Crippen molar-refractivity contribution in [2.75, 3.05) is 34.0 Å². The molecule has 84 valence electrons. The van der Waals surface area contributed by atoms with Gasteiger partial charge in [0.1, 0.15) is 0 Å². The van der Waals surface area contributed by atoms with Gasteiger partial charge >= 0.3 is 0 Å². The minimum Gasteiger partial charge on any atom is -0.384 e. The first kappa shape index (κ1) is 13.4. The van der Waals surface area contributed by atoms with Crippen molar-refractivity contribution in [3.05, 3.63) is 0 Å². The fourth-order valence-electron chi connectivity index (χ4n) is 1.26. The van der Waals surface area contributed by atoms with Gasteiger partial charge in [0.15, 0.2) is 0 Å². The molecule has 0 saturated carbocycles. The zero-order valence-corrected chi connectivity index (χ0v) is 9.08. The lowest BCUT2D eigenvalue weighted by Crippen LogP contribution is -2.48. The van der Waals surface area contributed by atoms with E-state index in [1.54, 1.807) is 14.2 Å². The van der Waals surface area contributed by atoms with Crippen molar-refractivity contribution in [1.82, 2.24) is 5.32 Å². The SMILES string of the molecule is COCCNC(C(N)=O)C(C)COC. The first-order valence-corrected chi connectivity index (χ1v) is 4.64. The third-order valence-electron chi connectivity index (χ3n) is 1.98. The van der Waals surface area contributed by atoms with Crippen molar-refractivity contribution < 1.29 is 14.3 Å². The molecule has 0 fully saturated rings. The van der Waals surface area contributed by atoms with Gasteiger partial charge in [-0.1, -0.05) is 6.92 Å². The second kappa shape index (κ2) is 7.73. The average molecular weight is 204 g/mol. The highest BCUT2D eigenvalue weighted by Crippen LogP contribution is 2.02. The van der Waals surface area contributed by atoms with Crippen LogP contribution in [0.15, 0.2) is 0 Å². The second-order valence-corrected chi connectivity index (χ2v) is 3.26. The first-order valence-electron chi connectivity index (χ1n) is 4.64. The first-order chi connectivity index (χ1) is 6.63. The molecule has 0 aromatic heterocycles. The Morgan fingerprint density at radius 3 is 2.50 bits per heavy atom. The summed E-state index contributed by atoms with van der Waals surface area (Å²) in [6.45, 7) is 3.59. The molecule has 0 saturated heterocycles. The van der Waals surface area contributed by atoms with E-state index in [1.165, 1.54) is 0 Å². The van der Waals surface area contributed by atoms with Gasteiger partial charge in [0.2, 0.25) is 5.91 Å². The minimum atomic E-state index is -0.356. The van der Waals surface area contributed by atoms with Crippen molar-refractivity contribution in [2.45, 2.75) is 13.0 Å². The van der Waals surface area contributed by atoms with Crippen LogP contribution in [0.4, 0.5) is 0 Å². The Morgan fingerprint density at radius 2 is 2.07 bits per heavy atom. The molecule has 0 bridgehead atoms. The number of amides is 1. The highest BCUT2D eigenvalue weighted by molar-refractivity contribution is 5.80. The molecule has 2 unspecified atom stereocenters. The molecule has 2 atom stereocenters. The predicted molar refractivity (Wildman–Crippen MR) is 53.9 cm³/mol. The van der Waals surface area contributed by atoms with Crippen LogP contribution < -0.4 is 11.1 Å². The number of nitrogens with one attached hydrogen (secondary N) is 1. The fourth-order valence-corrected chi connectivity index (χ4v) is 1.26. The third kappa shape index (κ3) is 5.16. The smallest absolute Gasteiger partial charge is 0.234 e. The van der Waals surface area contributed by atoms with Crippen LogP contribution in [0.3, 0.4) is 0 Å². The van der Waals surface area contributed by atoms with Gasteiger partial charge < -0.3 is 20.5 Å². The maximum absolute atomic E-state index is 11.1. The van der Waals surface area contributed by atoms with Crippen LogP contribution in [0, 0.1) is 5.92 Å². The van der Waals surface area contributed by atoms with Crippen LogP contribution in [0.25, 0.3) is 0 Å². The lowest BCUT2D eigenvalue weighted by Gasteiger charge is -2.21. The Labute approximate surface area is 84.9 Å². The van der Waals surface area contributed by atoms with Crippen LogP contribution in [-0.2, 0) is 14.3 Å². The fraction of sp³-hybridized carbons (Fsp3) is 0.889. The van der Waals surface area contributed by atoms with E-state index in [4.69, 9.17) is 15.2 Å². The Morgan fingerprint density at radius 1 is 1.43 bits per heavy atom. The van der Waals surface area contributed by atoms with E-state index in [1.807, 2.05) is 6.92 Å². The van der Waals surface area contributed by atoms with Crippen molar-refractivity contribution in [3.63, 3.8) is 0 Å². The quantitative estimate of drug-likeness (QED) is 0.516. The van der Waals surface area contributed by atoms with Gasteiger partial charge in [0, 0.05) is 26.7 Å². The van der Waals surface area contributed by atoms with Gasteiger partial charge in [-0.2, -0.15) is 0 Å². The van der Waals surface area contributed by atoms with E-state index in [0.717, 1.165) is 0 Å². The summed E-state index contributed by atoms with van der Waals surface area (Å²) >= 11 is 0. The molecule has 5 heteroatoms. The van der Waals surface area contributed by atoms with Gasteiger partial charge in [-0.3, -0.25) is 4.79 Å². The largest absolute Gasteiger partial charge is 0.384 e. The molecule has 0 aromatic rings. The number of ether oxygens (including phenoxy) is 2. The van der Waals surface area contributed by atoms with Gasteiger partial charge in [-0.15, -0.1) is 0 Å². The molecule has 14 heavy (non-hydrogen) atoms. The molecule has 0 rings (SSSR count). The number of carbonyl (C=O) groups excluding carboxylic acids is 1. The normalized spacial score (nSPS) is 15.1. The molecule has 0 aliphatic heterocycles. The lowest BCUT2D eigenvalue weighted by molar-refractivity contribution is -0.121. The molecule has 0 aromatic carbocycles. The van der Waals surface area contributed by atoms with E-state index >= 15 is 0 Å². The maximum atomic E-state index is 11.1. The molecule has 5 nitrogen and oxygen atoms in total. The summed E-state index contributed by atoms with van der Waals surface area (Å²) in [4.78, 5) is 11.1. The number of hydrogen-bond acceptors (Lipinski definition) is 4. The molecule has 0 spiro atoms. The third-order valence-corrected chi connectivity index (χ3v) is 1.98. The summed E-state index contributed by atoms with van der Waals surface area (Å²) in [5.74, 6) is -0.292. The van der Waals surface area contributed by atoms with Gasteiger partial charge in [-0.25, -0.2) is 0 Å². The summed E-state index contributed by atoms with van der Waals surface area (Å²) in [6.07, 6.45) is 0. The highest BCUT2D eigenvalue weighted by Gasteiger charge is 2.21. The number of methoxy groups -OCH3 is 2. The zero-order chi connectivity index (χ0) is 11.0. The number of rotatable bonds is 8. The Hall–Kier alpha value is -0.650. The molecular weight excluding hydrogens is 184 g/mol. The maximum Gasteiger partial charge on any atom is 0.234 e. The van der Waals surface area contributed by atoms with Crippen molar-refractivity contribution >= 4 is 5.91 Å². The molecular formula is C9H20N2O3. The minimum absolute atomic E-state index is 0.0642. The van der Waals surface area contributed by atoms with Crippen LogP contribution >= 0.6 is 0 Å². The number of hydrogen-bond donors (Lipinski definition) is 2. The van der Waals surface area contributed by atoms with E-state index in [-0.39, 0.29) is 17.9 Å². The molecule has 3 N–H and O–H groups in total. The number of nitrogens with two attached hydrogens (primary N) is 1. The van der Waals surface area contributed by atoms with E-state index < -0.39 is 0 Å². The van der Waals surface area contributed by atoms with Crippen LogP contribution in [-0.4, -0.2) is 45.9 Å². The molecule has 1 amide bonds. The molecule has 0 radical (unpaired) electrons. The van der Waals surface area contributed by atoms with Crippen LogP contribution in [0.5, 0.6) is 0 Å². The van der Waals surface area contributed by atoms with Gasteiger partial charge in [0.25, 0.3) is 0 Å². The van der Waals surface area contributed by atoms with E-state index in [2.05, 4.69) is 5.32 Å². The topological polar surface area (TPSA) is 73.6 Å². The summed E-state index contributed by atoms with van der Waals surface area (Å²) in [7, 11) is 3.21. The van der Waals surface area contributed by atoms with Crippen molar-refractivity contribution in [3.8, 4) is 0 Å².